The molecule has 3 nitrogen and oxygen atoms in total. The minimum Gasteiger partial charge on any atom is -0.491 e. The fourth-order valence-corrected chi connectivity index (χ4v) is 1.10. The first-order valence-corrected chi connectivity index (χ1v) is 5.21. The third-order valence-electron chi connectivity index (χ3n) is 2.06. The standard InChI is InChI=1S/C13H17NO2/c1-11(15-2)10-16-13-7-3-5-12(9-13)6-4-8-14/h3,5,7,9,11H,8,10,14H2,1-2H3. The quantitative estimate of drug-likeness (QED) is 0.779. The van der Waals surface area contributed by atoms with Crippen LogP contribution in [-0.4, -0.2) is 26.4 Å². The zero-order valence-electron chi connectivity index (χ0n) is 9.69. The zero-order valence-corrected chi connectivity index (χ0v) is 9.69. The third kappa shape index (κ3) is 4.35. The van der Waals surface area contributed by atoms with Crippen molar-refractivity contribution in [3.63, 3.8) is 0 Å². The minimum atomic E-state index is 0.0822. The molecule has 86 valence electrons. The summed E-state index contributed by atoms with van der Waals surface area (Å²) in [4.78, 5) is 0. The van der Waals surface area contributed by atoms with Gasteiger partial charge in [-0.2, -0.15) is 0 Å². The monoisotopic (exact) mass is 219 g/mol. The maximum atomic E-state index is 5.56. The van der Waals surface area contributed by atoms with Gasteiger partial charge in [0.05, 0.1) is 12.6 Å². The van der Waals surface area contributed by atoms with Crippen LogP contribution in [0.5, 0.6) is 5.75 Å². The van der Waals surface area contributed by atoms with Gasteiger partial charge >= 0.3 is 0 Å². The van der Waals surface area contributed by atoms with Crippen LogP contribution in [0, 0.1) is 11.8 Å². The number of ether oxygens (including phenoxy) is 2. The Balaban J connectivity index is 2.60. The minimum absolute atomic E-state index is 0.0822. The maximum absolute atomic E-state index is 5.56. The molecule has 0 fully saturated rings. The summed E-state index contributed by atoms with van der Waals surface area (Å²) in [6.07, 6.45) is 0.0822. The van der Waals surface area contributed by atoms with Crippen molar-refractivity contribution >= 4 is 0 Å². The molecule has 0 aliphatic carbocycles. The number of nitrogens with two attached hydrogens (primary N) is 1. The first kappa shape index (κ1) is 12.6. The predicted molar refractivity (Wildman–Crippen MR) is 64.3 cm³/mol. The molecule has 1 aromatic rings. The number of rotatable bonds is 4. The van der Waals surface area contributed by atoms with Gasteiger partial charge < -0.3 is 15.2 Å². The zero-order chi connectivity index (χ0) is 11.8. The van der Waals surface area contributed by atoms with Crippen LogP contribution < -0.4 is 10.5 Å². The Bertz CT molecular complexity index is 379. The van der Waals surface area contributed by atoms with E-state index in [1.807, 2.05) is 31.2 Å². The second kappa shape index (κ2) is 6.89. The first-order chi connectivity index (χ1) is 7.76. The van der Waals surface area contributed by atoms with Gasteiger partial charge in [-0.15, -0.1) is 0 Å². The summed E-state index contributed by atoms with van der Waals surface area (Å²) in [5.74, 6) is 6.56. The van der Waals surface area contributed by atoms with E-state index in [4.69, 9.17) is 15.2 Å². The van der Waals surface area contributed by atoms with Crippen molar-refractivity contribution in [1.82, 2.24) is 0 Å². The lowest BCUT2D eigenvalue weighted by atomic mass is 10.2. The van der Waals surface area contributed by atoms with E-state index in [0.29, 0.717) is 13.2 Å². The van der Waals surface area contributed by atoms with E-state index in [2.05, 4.69) is 11.8 Å². The van der Waals surface area contributed by atoms with E-state index >= 15 is 0 Å². The normalized spacial score (nSPS) is 11.4. The fraction of sp³-hybridized carbons (Fsp3) is 0.385. The first-order valence-electron chi connectivity index (χ1n) is 5.21. The summed E-state index contributed by atoms with van der Waals surface area (Å²) in [5, 5.41) is 0. The Labute approximate surface area is 96.6 Å². The van der Waals surface area contributed by atoms with Crippen LogP contribution in [0.15, 0.2) is 24.3 Å². The maximum Gasteiger partial charge on any atom is 0.120 e. The van der Waals surface area contributed by atoms with Gasteiger partial charge in [0.1, 0.15) is 12.4 Å². The summed E-state index contributed by atoms with van der Waals surface area (Å²) in [6, 6.07) is 7.63. The molecule has 1 rings (SSSR count). The molecule has 0 saturated carbocycles. The van der Waals surface area contributed by atoms with Gasteiger partial charge in [-0.05, 0) is 25.1 Å². The molecule has 1 atom stereocenters. The van der Waals surface area contributed by atoms with Crippen LogP contribution in [0.25, 0.3) is 0 Å². The van der Waals surface area contributed by atoms with E-state index in [0.717, 1.165) is 11.3 Å². The highest BCUT2D eigenvalue weighted by Gasteiger charge is 2.00. The lowest BCUT2D eigenvalue weighted by molar-refractivity contribution is 0.0716. The second-order valence-electron chi connectivity index (χ2n) is 3.39. The molecule has 0 aliphatic rings. The van der Waals surface area contributed by atoms with Gasteiger partial charge in [-0.1, -0.05) is 17.9 Å². The van der Waals surface area contributed by atoms with Gasteiger partial charge in [-0.25, -0.2) is 0 Å². The van der Waals surface area contributed by atoms with Gasteiger partial charge in [0.25, 0.3) is 0 Å². The molecule has 0 aliphatic heterocycles. The molecule has 0 saturated heterocycles. The van der Waals surface area contributed by atoms with Crippen molar-refractivity contribution in [3.05, 3.63) is 29.8 Å². The van der Waals surface area contributed by atoms with Crippen molar-refractivity contribution in [3.8, 4) is 17.6 Å². The molecule has 0 heterocycles. The van der Waals surface area contributed by atoms with Gasteiger partial charge in [0, 0.05) is 12.7 Å². The highest BCUT2D eigenvalue weighted by Crippen LogP contribution is 2.12. The SMILES string of the molecule is COC(C)COc1cccc(C#CCN)c1. The van der Waals surface area contributed by atoms with Crippen LogP contribution >= 0.6 is 0 Å². The highest BCUT2D eigenvalue weighted by atomic mass is 16.5. The second-order valence-corrected chi connectivity index (χ2v) is 3.39. The van der Waals surface area contributed by atoms with Crippen LogP contribution in [0.3, 0.4) is 0 Å². The van der Waals surface area contributed by atoms with Crippen molar-refractivity contribution in [2.24, 2.45) is 5.73 Å². The lowest BCUT2D eigenvalue weighted by Gasteiger charge is -2.11. The van der Waals surface area contributed by atoms with Crippen molar-refractivity contribution in [2.45, 2.75) is 13.0 Å². The molecular weight excluding hydrogens is 202 g/mol. The summed E-state index contributed by atoms with van der Waals surface area (Å²) in [6.45, 7) is 2.86. The molecule has 0 radical (unpaired) electrons. The van der Waals surface area contributed by atoms with E-state index in [-0.39, 0.29) is 6.10 Å². The van der Waals surface area contributed by atoms with Crippen LogP contribution in [0.2, 0.25) is 0 Å². The molecule has 1 aromatic carbocycles. The lowest BCUT2D eigenvalue weighted by Crippen LogP contribution is -2.15. The van der Waals surface area contributed by atoms with Crippen molar-refractivity contribution in [2.75, 3.05) is 20.3 Å². The van der Waals surface area contributed by atoms with Crippen LogP contribution in [-0.2, 0) is 4.74 Å². The molecule has 16 heavy (non-hydrogen) atoms. The van der Waals surface area contributed by atoms with E-state index < -0.39 is 0 Å². The third-order valence-corrected chi connectivity index (χ3v) is 2.06. The largest absolute Gasteiger partial charge is 0.491 e. The Morgan fingerprint density at radius 2 is 2.25 bits per heavy atom. The van der Waals surface area contributed by atoms with Crippen molar-refractivity contribution in [1.29, 1.82) is 0 Å². The fourth-order valence-electron chi connectivity index (χ4n) is 1.10. The Morgan fingerprint density at radius 1 is 1.44 bits per heavy atom. The van der Waals surface area contributed by atoms with E-state index in [1.54, 1.807) is 7.11 Å². The highest BCUT2D eigenvalue weighted by molar-refractivity contribution is 5.39. The molecule has 0 bridgehead atoms. The number of hydrogen-bond acceptors (Lipinski definition) is 3. The van der Waals surface area contributed by atoms with Gasteiger partial charge in [0.2, 0.25) is 0 Å². The number of methoxy groups -OCH3 is 1. The summed E-state index contributed by atoms with van der Waals surface area (Å²) < 4.78 is 10.7. The Hall–Kier alpha value is -1.50. The molecule has 0 spiro atoms. The average molecular weight is 219 g/mol. The summed E-state index contributed by atoms with van der Waals surface area (Å²) in [7, 11) is 1.66. The number of hydrogen-bond donors (Lipinski definition) is 1. The molecule has 0 amide bonds. The predicted octanol–water partition coefficient (Wildman–Crippen LogP) is 1.41. The van der Waals surface area contributed by atoms with E-state index in [1.165, 1.54) is 0 Å². The average Bonchev–Trinajstić information content (AvgIpc) is 2.34. The van der Waals surface area contributed by atoms with Crippen molar-refractivity contribution < 1.29 is 9.47 Å². The van der Waals surface area contributed by atoms with Gasteiger partial charge in [0.15, 0.2) is 0 Å². The topological polar surface area (TPSA) is 44.5 Å². The summed E-state index contributed by atoms with van der Waals surface area (Å²) in [5.41, 5.74) is 6.22. The Kier molecular flexibility index (Phi) is 5.41. The van der Waals surface area contributed by atoms with Gasteiger partial charge in [-0.3, -0.25) is 0 Å². The molecule has 0 aromatic heterocycles. The van der Waals surface area contributed by atoms with E-state index in [9.17, 15) is 0 Å². The number of benzene rings is 1. The summed E-state index contributed by atoms with van der Waals surface area (Å²) >= 11 is 0. The van der Waals surface area contributed by atoms with Crippen LogP contribution in [0.4, 0.5) is 0 Å². The Morgan fingerprint density at radius 3 is 2.94 bits per heavy atom. The molecule has 1 unspecified atom stereocenters. The molecule has 2 N–H and O–H groups in total. The molecule has 3 heteroatoms. The molecular formula is C13H17NO2. The smallest absolute Gasteiger partial charge is 0.120 e. The van der Waals surface area contributed by atoms with Crippen LogP contribution in [0.1, 0.15) is 12.5 Å².